The number of carbonyl (C=O) groups is 4. The Morgan fingerprint density at radius 2 is 1.77 bits per heavy atom. The molecule has 2 saturated heterocycles. The molecule has 152 valence electrons. The summed E-state index contributed by atoms with van der Waals surface area (Å²) in [7, 11) is 0. The van der Waals surface area contributed by atoms with Crippen LogP contribution in [0.3, 0.4) is 0 Å². The van der Waals surface area contributed by atoms with Gasteiger partial charge in [0.25, 0.3) is 5.91 Å². The summed E-state index contributed by atoms with van der Waals surface area (Å²) < 4.78 is 0. The van der Waals surface area contributed by atoms with Gasteiger partial charge in [-0.25, -0.2) is 4.90 Å². The van der Waals surface area contributed by atoms with E-state index in [2.05, 4.69) is 10.6 Å². The van der Waals surface area contributed by atoms with Crippen LogP contribution in [-0.2, 0) is 24.7 Å². The second kappa shape index (κ2) is 6.24. The van der Waals surface area contributed by atoms with Crippen molar-refractivity contribution in [3.05, 3.63) is 54.1 Å². The third-order valence-corrected chi connectivity index (χ3v) is 6.38. The van der Waals surface area contributed by atoms with Crippen molar-refractivity contribution in [1.82, 2.24) is 0 Å². The van der Waals surface area contributed by atoms with Crippen LogP contribution in [-0.4, -0.2) is 29.7 Å². The van der Waals surface area contributed by atoms with Gasteiger partial charge in [-0.3, -0.25) is 19.2 Å². The molecule has 1 spiro atoms. The number of nitrogens with two attached hydrogens (primary N) is 1. The molecule has 8 heteroatoms. The topological polar surface area (TPSA) is 112 Å². The van der Waals surface area contributed by atoms with Crippen LogP contribution < -0.4 is 20.9 Å². The predicted octanol–water partition coefficient (Wildman–Crippen LogP) is 0.564. The maximum absolute atomic E-state index is 13.6. The molecular weight excluding hydrogens is 384 g/mol. The summed E-state index contributed by atoms with van der Waals surface area (Å²) in [4.78, 5) is 52.4. The second-order valence-electron chi connectivity index (χ2n) is 8.14. The van der Waals surface area contributed by atoms with Gasteiger partial charge in [0.1, 0.15) is 11.8 Å². The van der Waals surface area contributed by atoms with Gasteiger partial charge in [-0.2, -0.15) is 0 Å². The number of rotatable bonds is 2. The molecule has 3 heterocycles. The van der Waals surface area contributed by atoms with Gasteiger partial charge in [0.05, 0.1) is 17.4 Å². The SMILES string of the molecule is CC(=O)Nc1ccc(N2C(=O)[C@@H]3[C@@H](C2=O)[C@]2([NH2+][C@@H]3C)C(=O)Nc3ccccc32)cc1. The van der Waals surface area contributed by atoms with E-state index in [0.29, 0.717) is 17.1 Å². The molecule has 0 radical (unpaired) electrons. The van der Waals surface area contributed by atoms with Gasteiger partial charge in [0.2, 0.25) is 23.3 Å². The Balaban J connectivity index is 1.56. The number of carbonyl (C=O) groups excluding carboxylic acids is 4. The first-order valence-corrected chi connectivity index (χ1v) is 9.87. The zero-order valence-electron chi connectivity index (χ0n) is 16.5. The van der Waals surface area contributed by atoms with E-state index in [9.17, 15) is 19.2 Å². The zero-order valence-corrected chi connectivity index (χ0v) is 16.5. The fourth-order valence-corrected chi connectivity index (χ4v) is 5.25. The Morgan fingerprint density at radius 1 is 1.07 bits per heavy atom. The lowest BCUT2D eigenvalue weighted by molar-refractivity contribution is -0.730. The van der Waals surface area contributed by atoms with Crippen LogP contribution in [0.2, 0.25) is 0 Å². The normalized spacial score (nSPS) is 29.2. The Hall–Kier alpha value is -3.52. The lowest BCUT2D eigenvalue weighted by Crippen LogP contribution is -2.98. The van der Waals surface area contributed by atoms with Crippen LogP contribution in [0, 0.1) is 11.8 Å². The number of anilines is 3. The van der Waals surface area contributed by atoms with Crippen LogP contribution in [0.25, 0.3) is 0 Å². The van der Waals surface area contributed by atoms with E-state index in [1.807, 2.05) is 36.5 Å². The fraction of sp³-hybridized carbons (Fsp3) is 0.273. The van der Waals surface area contributed by atoms with Crippen LogP contribution in [0.5, 0.6) is 0 Å². The summed E-state index contributed by atoms with van der Waals surface area (Å²) >= 11 is 0. The quantitative estimate of drug-likeness (QED) is 0.634. The number of quaternary nitrogens is 1. The molecule has 0 aliphatic carbocycles. The monoisotopic (exact) mass is 405 g/mol. The minimum absolute atomic E-state index is 0.206. The highest BCUT2D eigenvalue weighted by Crippen LogP contribution is 2.49. The number of nitrogens with one attached hydrogen (secondary N) is 2. The Morgan fingerprint density at radius 3 is 2.47 bits per heavy atom. The van der Waals surface area contributed by atoms with Crippen LogP contribution in [0.4, 0.5) is 17.1 Å². The largest absolute Gasteiger partial charge is 0.326 e. The first kappa shape index (κ1) is 18.5. The number of imide groups is 1. The summed E-state index contributed by atoms with van der Waals surface area (Å²) in [5.41, 5.74) is 1.30. The molecule has 3 aliphatic rings. The molecule has 0 unspecified atom stereocenters. The van der Waals surface area contributed by atoms with Gasteiger partial charge in [-0.05, 0) is 37.3 Å². The van der Waals surface area contributed by atoms with Gasteiger partial charge >= 0.3 is 0 Å². The molecule has 2 aromatic carbocycles. The summed E-state index contributed by atoms with van der Waals surface area (Å²) in [6.07, 6.45) is 0. The Kier molecular flexibility index (Phi) is 3.85. The van der Waals surface area contributed by atoms with Gasteiger partial charge in [-0.1, -0.05) is 18.2 Å². The molecule has 4 N–H and O–H groups in total. The van der Waals surface area contributed by atoms with Crippen molar-refractivity contribution >= 4 is 40.7 Å². The highest BCUT2D eigenvalue weighted by molar-refractivity contribution is 6.25. The minimum Gasteiger partial charge on any atom is -0.326 e. The van der Waals surface area contributed by atoms with E-state index in [1.54, 1.807) is 24.3 Å². The minimum atomic E-state index is -1.14. The number of hydrogen-bond acceptors (Lipinski definition) is 4. The summed E-state index contributed by atoms with van der Waals surface area (Å²) in [5, 5.41) is 7.42. The van der Waals surface area contributed by atoms with Crippen molar-refractivity contribution in [3.8, 4) is 0 Å². The smallest absolute Gasteiger partial charge is 0.291 e. The highest BCUT2D eigenvalue weighted by Gasteiger charge is 2.73. The molecule has 4 atom stereocenters. The molecule has 30 heavy (non-hydrogen) atoms. The number of benzene rings is 2. The van der Waals surface area contributed by atoms with E-state index < -0.39 is 17.4 Å². The van der Waals surface area contributed by atoms with Gasteiger partial charge in [0.15, 0.2) is 0 Å². The average Bonchev–Trinajstić information content (AvgIpc) is 3.27. The number of hydrogen-bond donors (Lipinski definition) is 3. The fourth-order valence-electron chi connectivity index (χ4n) is 5.25. The van der Waals surface area contributed by atoms with Crippen LogP contribution in [0.15, 0.2) is 48.5 Å². The average molecular weight is 405 g/mol. The summed E-state index contributed by atoms with van der Waals surface area (Å²) in [6, 6.07) is 13.7. The number of nitrogens with zero attached hydrogens (tertiary/aromatic N) is 1. The molecule has 5 rings (SSSR count). The van der Waals surface area contributed by atoms with E-state index in [4.69, 9.17) is 0 Å². The Labute approximate surface area is 172 Å². The third-order valence-electron chi connectivity index (χ3n) is 6.38. The summed E-state index contributed by atoms with van der Waals surface area (Å²) in [5.74, 6) is -2.50. The molecule has 2 fully saturated rings. The van der Waals surface area contributed by atoms with Crippen molar-refractivity contribution in [1.29, 1.82) is 0 Å². The van der Waals surface area contributed by atoms with Crippen molar-refractivity contribution in [2.45, 2.75) is 25.4 Å². The van der Waals surface area contributed by atoms with Crippen molar-refractivity contribution < 1.29 is 24.5 Å². The molecule has 4 amide bonds. The predicted molar refractivity (Wildman–Crippen MR) is 108 cm³/mol. The highest BCUT2D eigenvalue weighted by atomic mass is 16.2. The lowest BCUT2D eigenvalue weighted by atomic mass is 9.76. The number of fused-ring (bicyclic) bond motifs is 4. The molecule has 3 aliphatic heterocycles. The molecule has 0 bridgehead atoms. The van der Waals surface area contributed by atoms with Crippen molar-refractivity contribution in [3.63, 3.8) is 0 Å². The van der Waals surface area contributed by atoms with Crippen molar-refractivity contribution in [2.75, 3.05) is 15.5 Å². The standard InChI is InChI=1S/C22H20N4O4/c1-11-17-18(22(25-11)15-5-3-4-6-16(15)24-21(22)30)20(29)26(19(17)28)14-9-7-13(8-10-14)23-12(2)27/h3-11,17-18,25H,1-2H3,(H,23,27)(H,24,30)/p+1/t11-,17+,18+,22+/m1/s1. The molecule has 0 saturated carbocycles. The van der Waals surface area contributed by atoms with E-state index in [0.717, 1.165) is 5.56 Å². The van der Waals surface area contributed by atoms with Crippen LogP contribution >= 0.6 is 0 Å². The molecule has 2 aromatic rings. The lowest BCUT2D eigenvalue weighted by Gasteiger charge is -2.25. The van der Waals surface area contributed by atoms with Gasteiger partial charge in [-0.15, -0.1) is 0 Å². The second-order valence-corrected chi connectivity index (χ2v) is 8.14. The number of amides is 4. The number of para-hydroxylation sites is 1. The van der Waals surface area contributed by atoms with E-state index >= 15 is 0 Å². The maximum atomic E-state index is 13.6. The van der Waals surface area contributed by atoms with Crippen molar-refractivity contribution in [2.24, 2.45) is 11.8 Å². The molecular formula is C22H21N4O4+. The first-order chi connectivity index (χ1) is 14.3. The van der Waals surface area contributed by atoms with Gasteiger partial charge < -0.3 is 16.0 Å². The molecule has 8 nitrogen and oxygen atoms in total. The zero-order chi connectivity index (χ0) is 21.2. The van der Waals surface area contributed by atoms with Crippen LogP contribution in [0.1, 0.15) is 19.4 Å². The maximum Gasteiger partial charge on any atom is 0.291 e. The first-order valence-electron chi connectivity index (χ1n) is 9.87. The van der Waals surface area contributed by atoms with E-state index in [1.165, 1.54) is 11.8 Å². The third kappa shape index (κ3) is 2.31. The van der Waals surface area contributed by atoms with E-state index in [-0.39, 0.29) is 29.7 Å². The Bertz CT molecular complexity index is 1110. The molecule has 0 aromatic heterocycles. The van der Waals surface area contributed by atoms with Gasteiger partial charge in [0, 0.05) is 18.2 Å². The summed E-state index contributed by atoms with van der Waals surface area (Å²) in [6.45, 7) is 3.29.